The van der Waals surface area contributed by atoms with Crippen LogP contribution in [-0.4, -0.2) is 59.6 Å². The summed E-state index contributed by atoms with van der Waals surface area (Å²) >= 11 is 0. The highest BCUT2D eigenvalue weighted by Crippen LogP contribution is 2.17. The number of hydrogen-bond acceptors (Lipinski definition) is 3. The smallest absolute Gasteiger partial charge is 0.317 e. The summed E-state index contributed by atoms with van der Waals surface area (Å²) in [5, 5.41) is 3.26. The first kappa shape index (κ1) is 17.2. The molecule has 1 aromatic heterocycles. The molecule has 2 aliphatic heterocycles. The third-order valence-electron chi connectivity index (χ3n) is 5.33. The highest BCUT2D eigenvalue weighted by atomic mass is 16.2. The summed E-state index contributed by atoms with van der Waals surface area (Å²) < 4.78 is 0. The molecule has 0 aromatic carbocycles. The van der Waals surface area contributed by atoms with E-state index in [1.54, 1.807) is 0 Å². The maximum Gasteiger partial charge on any atom is 0.317 e. The lowest BCUT2D eigenvalue weighted by molar-refractivity contribution is 0.154. The highest BCUT2D eigenvalue weighted by molar-refractivity contribution is 5.74. The van der Waals surface area contributed by atoms with Gasteiger partial charge in [-0.15, -0.1) is 0 Å². The lowest BCUT2D eigenvalue weighted by Crippen LogP contribution is -2.51. The molecule has 132 valence electrons. The molecule has 5 nitrogen and oxygen atoms in total. The Morgan fingerprint density at radius 3 is 2.67 bits per heavy atom. The van der Waals surface area contributed by atoms with Crippen LogP contribution >= 0.6 is 0 Å². The zero-order valence-corrected chi connectivity index (χ0v) is 14.8. The van der Waals surface area contributed by atoms with E-state index in [1.165, 1.54) is 12.0 Å². The van der Waals surface area contributed by atoms with E-state index in [0.717, 1.165) is 58.4 Å². The van der Waals surface area contributed by atoms with Crippen LogP contribution in [0.5, 0.6) is 0 Å². The van der Waals surface area contributed by atoms with Gasteiger partial charge in [-0.3, -0.25) is 4.98 Å². The number of amides is 2. The van der Waals surface area contributed by atoms with Crippen LogP contribution in [0.25, 0.3) is 0 Å². The summed E-state index contributed by atoms with van der Waals surface area (Å²) in [6.07, 6.45) is 9.31. The molecule has 0 spiro atoms. The van der Waals surface area contributed by atoms with Crippen LogP contribution in [0.1, 0.15) is 38.2 Å². The standard InChI is InChI=1S/C19H30N4O/c1-16-3-2-11-23(15-16)19(24)21-18-7-13-22(14-8-18)12-6-17-4-9-20-10-5-17/h4-5,9-10,16,18H,2-3,6-8,11-15H2,1H3,(H,21,24)/t16-/m1/s1. The Balaban J connectivity index is 1.36. The fourth-order valence-electron chi connectivity index (χ4n) is 3.78. The number of nitrogens with one attached hydrogen (secondary N) is 1. The van der Waals surface area contributed by atoms with E-state index in [9.17, 15) is 4.79 Å². The zero-order chi connectivity index (χ0) is 16.8. The summed E-state index contributed by atoms with van der Waals surface area (Å²) in [5.74, 6) is 0.638. The second-order valence-electron chi connectivity index (χ2n) is 7.36. The summed E-state index contributed by atoms with van der Waals surface area (Å²) in [6.45, 7) is 7.31. The van der Waals surface area contributed by atoms with Gasteiger partial charge in [0.05, 0.1) is 0 Å². The predicted octanol–water partition coefficient (Wildman–Crippen LogP) is 2.53. The molecule has 0 bridgehead atoms. The van der Waals surface area contributed by atoms with Crippen LogP contribution in [0.15, 0.2) is 24.5 Å². The van der Waals surface area contributed by atoms with E-state index in [0.29, 0.717) is 12.0 Å². The molecular weight excluding hydrogens is 300 g/mol. The molecule has 0 saturated carbocycles. The summed E-state index contributed by atoms with van der Waals surface area (Å²) in [6, 6.07) is 4.67. The third kappa shape index (κ3) is 4.94. The van der Waals surface area contributed by atoms with Gasteiger partial charge < -0.3 is 15.1 Å². The number of piperidine rings is 2. The summed E-state index contributed by atoms with van der Waals surface area (Å²) in [5.41, 5.74) is 1.35. The van der Waals surface area contributed by atoms with Crippen LogP contribution in [0, 0.1) is 5.92 Å². The van der Waals surface area contributed by atoms with Crippen LogP contribution < -0.4 is 5.32 Å². The minimum absolute atomic E-state index is 0.150. The Morgan fingerprint density at radius 2 is 1.96 bits per heavy atom. The van der Waals surface area contributed by atoms with Gasteiger partial charge in [0.1, 0.15) is 0 Å². The van der Waals surface area contributed by atoms with Gasteiger partial charge in [-0.2, -0.15) is 0 Å². The van der Waals surface area contributed by atoms with Crippen molar-refractivity contribution in [3.05, 3.63) is 30.1 Å². The van der Waals surface area contributed by atoms with E-state index in [1.807, 2.05) is 17.3 Å². The summed E-state index contributed by atoms with van der Waals surface area (Å²) in [4.78, 5) is 21.0. The van der Waals surface area contributed by atoms with Gasteiger partial charge in [-0.25, -0.2) is 4.79 Å². The van der Waals surface area contributed by atoms with Gasteiger partial charge in [0.25, 0.3) is 0 Å². The van der Waals surface area contributed by atoms with E-state index in [-0.39, 0.29) is 6.03 Å². The molecule has 3 rings (SSSR count). The van der Waals surface area contributed by atoms with Crippen molar-refractivity contribution in [3.63, 3.8) is 0 Å². The predicted molar refractivity (Wildman–Crippen MR) is 95.9 cm³/mol. The van der Waals surface area contributed by atoms with E-state index < -0.39 is 0 Å². The lowest BCUT2D eigenvalue weighted by atomic mass is 10.0. The largest absolute Gasteiger partial charge is 0.335 e. The molecular formula is C19H30N4O. The fraction of sp³-hybridized carbons (Fsp3) is 0.684. The Bertz CT molecular complexity index is 513. The van der Waals surface area contributed by atoms with E-state index >= 15 is 0 Å². The zero-order valence-electron chi connectivity index (χ0n) is 14.8. The molecule has 2 fully saturated rings. The van der Waals surface area contributed by atoms with Crippen molar-refractivity contribution >= 4 is 6.03 Å². The number of urea groups is 1. The van der Waals surface area contributed by atoms with E-state index in [2.05, 4.69) is 34.3 Å². The summed E-state index contributed by atoms with van der Waals surface area (Å²) in [7, 11) is 0. The Labute approximate surface area is 145 Å². The van der Waals surface area contributed by atoms with Crippen molar-refractivity contribution < 1.29 is 4.79 Å². The molecule has 5 heteroatoms. The van der Waals surface area contributed by atoms with Crippen LogP contribution in [0.3, 0.4) is 0 Å². The van der Waals surface area contributed by atoms with Crippen LogP contribution in [0.2, 0.25) is 0 Å². The van der Waals surface area contributed by atoms with Gasteiger partial charge in [0.15, 0.2) is 0 Å². The first-order valence-corrected chi connectivity index (χ1v) is 9.37. The molecule has 24 heavy (non-hydrogen) atoms. The molecule has 1 N–H and O–H groups in total. The first-order valence-electron chi connectivity index (χ1n) is 9.37. The SMILES string of the molecule is C[C@@H]1CCCN(C(=O)NC2CCN(CCc3ccncc3)CC2)C1. The second-order valence-corrected chi connectivity index (χ2v) is 7.36. The number of carbonyl (C=O) groups excluding carboxylic acids is 1. The fourth-order valence-corrected chi connectivity index (χ4v) is 3.78. The van der Waals surface area contributed by atoms with E-state index in [4.69, 9.17) is 0 Å². The number of nitrogens with zero attached hydrogens (tertiary/aromatic N) is 3. The molecule has 0 radical (unpaired) electrons. The number of likely N-dealkylation sites (tertiary alicyclic amines) is 2. The van der Waals surface area contributed by atoms with Crippen molar-refractivity contribution in [2.24, 2.45) is 5.92 Å². The Hall–Kier alpha value is -1.62. The minimum atomic E-state index is 0.150. The minimum Gasteiger partial charge on any atom is -0.335 e. The number of aromatic nitrogens is 1. The molecule has 0 aliphatic carbocycles. The van der Waals surface area contributed by atoms with Crippen molar-refractivity contribution in [1.82, 2.24) is 20.1 Å². The molecule has 1 atom stereocenters. The Kier molecular flexibility index (Phi) is 6.07. The van der Waals surface area contributed by atoms with Gasteiger partial charge in [-0.1, -0.05) is 6.92 Å². The van der Waals surface area contributed by atoms with Crippen molar-refractivity contribution in [3.8, 4) is 0 Å². The van der Waals surface area contributed by atoms with Crippen molar-refractivity contribution in [2.75, 3.05) is 32.7 Å². The molecule has 0 unspecified atom stereocenters. The highest BCUT2D eigenvalue weighted by Gasteiger charge is 2.25. The number of rotatable bonds is 4. The average Bonchev–Trinajstić information content (AvgIpc) is 2.62. The third-order valence-corrected chi connectivity index (χ3v) is 5.33. The molecule has 2 aliphatic rings. The van der Waals surface area contributed by atoms with Gasteiger partial charge in [0, 0.05) is 51.2 Å². The second kappa shape index (κ2) is 8.47. The molecule has 2 saturated heterocycles. The van der Waals surface area contributed by atoms with Crippen LogP contribution in [0.4, 0.5) is 4.79 Å². The van der Waals surface area contributed by atoms with Crippen molar-refractivity contribution in [2.45, 2.75) is 45.1 Å². The maximum absolute atomic E-state index is 12.4. The topological polar surface area (TPSA) is 48.5 Å². The lowest BCUT2D eigenvalue weighted by Gasteiger charge is -2.35. The molecule has 2 amide bonds. The Morgan fingerprint density at radius 1 is 1.21 bits per heavy atom. The maximum atomic E-state index is 12.4. The molecule has 1 aromatic rings. The van der Waals surface area contributed by atoms with Gasteiger partial charge in [-0.05, 0) is 55.7 Å². The molecule has 3 heterocycles. The number of carbonyl (C=O) groups is 1. The quantitative estimate of drug-likeness (QED) is 0.923. The first-order chi connectivity index (χ1) is 11.7. The number of pyridine rings is 1. The van der Waals surface area contributed by atoms with Gasteiger partial charge >= 0.3 is 6.03 Å². The normalized spacial score (nSPS) is 23.2. The average molecular weight is 330 g/mol. The van der Waals surface area contributed by atoms with Crippen molar-refractivity contribution in [1.29, 1.82) is 0 Å². The monoisotopic (exact) mass is 330 g/mol. The number of hydrogen-bond donors (Lipinski definition) is 1. The van der Waals surface area contributed by atoms with Crippen LogP contribution in [-0.2, 0) is 6.42 Å². The van der Waals surface area contributed by atoms with Gasteiger partial charge in [0.2, 0.25) is 0 Å².